The number of imidazole rings is 1. The SMILES string of the molecule is COc1ccc(C(C)n2cncc2C2(C)CCNC2)cc1. The Balaban J connectivity index is 1.91. The minimum absolute atomic E-state index is 0.178. The molecule has 2 atom stereocenters. The van der Waals surface area contributed by atoms with Gasteiger partial charge in [-0.15, -0.1) is 0 Å². The third-order valence-electron chi connectivity index (χ3n) is 4.67. The predicted molar refractivity (Wildman–Crippen MR) is 83.9 cm³/mol. The number of hydrogen-bond donors (Lipinski definition) is 1. The number of ether oxygens (including phenoxy) is 1. The van der Waals surface area contributed by atoms with Crippen molar-refractivity contribution < 1.29 is 4.74 Å². The summed E-state index contributed by atoms with van der Waals surface area (Å²) in [6.07, 6.45) is 5.13. The third-order valence-corrected chi connectivity index (χ3v) is 4.67. The van der Waals surface area contributed by atoms with E-state index in [-0.39, 0.29) is 11.5 Å². The molecular weight excluding hydrogens is 262 g/mol. The van der Waals surface area contributed by atoms with E-state index < -0.39 is 0 Å². The van der Waals surface area contributed by atoms with Crippen LogP contribution in [0.3, 0.4) is 0 Å². The highest BCUT2D eigenvalue weighted by molar-refractivity contribution is 5.30. The van der Waals surface area contributed by atoms with Gasteiger partial charge >= 0.3 is 0 Å². The first kappa shape index (κ1) is 14.1. The van der Waals surface area contributed by atoms with E-state index in [1.165, 1.54) is 11.3 Å². The van der Waals surface area contributed by atoms with Crippen LogP contribution >= 0.6 is 0 Å². The molecule has 0 spiro atoms. The molecule has 1 aliphatic heterocycles. The fourth-order valence-corrected chi connectivity index (χ4v) is 3.16. The monoisotopic (exact) mass is 285 g/mol. The molecule has 1 aromatic heterocycles. The minimum Gasteiger partial charge on any atom is -0.497 e. The maximum absolute atomic E-state index is 5.23. The first-order valence-electron chi connectivity index (χ1n) is 7.51. The summed E-state index contributed by atoms with van der Waals surface area (Å²) in [5.41, 5.74) is 2.76. The van der Waals surface area contributed by atoms with Crippen LogP contribution in [0.2, 0.25) is 0 Å². The average molecular weight is 285 g/mol. The van der Waals surface area contributed by atoms with Crippen molar-refractivity contribution in [2.75, 3.05) is 20.2 Å². The lowest BCUT2D eigenvalue weighted by Gasteiger charge is -2.27. The summed E-state index contributed by atoms with van der Waals surface area (Å²) in [6.45, 7) is 6.65. The Morgan fingerprint density at radius 3 is 2.71 bits per heavy atom. The van der Waals surface area contributed by atoms with Gasteiger partial charge in [0.2, 0.25) is 0 Å². The van der Waals surface area contributed by atoms with Crippen LogP contribution in [0.25, 0.3) is 0 Å². The number of nitrogens with one attached hydrogen (secondary N) is 1. The largest absolute Gasteiger partial charge is 0.497 e. The molecular formula is C17H23N3O. The molecule has 2 unspecified atom stereocenters. The van der Waals surface area contributed by atoms with Gasteiger partial charge in [0.1, 0.15) is 5.75 Å². The van der Waals surface area contributed by atoms with Crippen LogP contribution in [0.5, 0.6) is 5.75 Å². The van der Waals surface area contributed by atoms with E-state index in [1.54, 1.807) is 7.11 Å². The first-order valence-corrected chi connectivity index (χ1v) is 7.51. The van der Waals surface area contributed by atoms with Crippen molar-refractivity contribution in [2.24, 2.45) is 0 Å². The molecule has 0 saturated carbocycles. The molecule has 2 aromatic rings. The molecule has 0 bridgehead atoms. The molecule has 1 saturated heterocycles. The van der Waals surface area contributed by atoms with Gasteiger partial charge in [-0.05, 0) is 37.6 Å². The molecule has 0 amide bonds. The summed E-state index contributed by atoms with van der Waals surface area (Å²) in [6, 6.07) is 8.55. The molecule has 4 heteroatoms. The van der Waals surface area contributed by atoms with Gasteiger partial charge in [-0.3, -0.25) is 0 Å². The summed E-state index contributed by atoms with van der Waals surface area (Å²) in [5, 5.41) is 3.46. The zero-order valence-electron chi connectivity index (χ0n) is 13.0. The van der Waals surface area contributed by atoms with Crippen LogP contribution < -0.4 is 10.1 Å². The first-order chi connectivity index (χ1) is 10.1. The standard InChI is InChI=1S/C17H23N3O/c1-13(14-4-6-15(21-3)7-5-14)20-12-19-10-16(20)17(2)8-9-18-11-17/h4-7,10,12-13,18H,8-9,11H2,1-3H3. The Bertz CT molecular complexity index is 597. The quantitative estimate of drug-likeness (QED) is 0.939. The highest BCUT2D eigenvalue weighted by Crippen LogP contribution is 2.33. The molecule has 1 fully saturated rings. The van der Waals surface area contributed by atoms with Gasteiger partial charge in [0, 0.05) is 23.9 Å². The predicted octanol–water partition coefficient (Wildman–Crippen LogP) is 2.75. The van der Waals surface area contributed by atoms with Gasteiger partial charge in [0.25, 0.3) is 0 Å². The van der Waals surface area contributed by atoms with E-state index in [1.807, 2.05) is 24.7 Å². The topological polar surface area (TPSA) is 39.1 Å². The maximum Gasteiger partial charge on any atom is 0.118 e. The van der Waals surface area contributed by atoms with Crippen LogP contribution in [0.1, 0.15) is 37.6 Å². The fraction of sp³-hybridized carbons (Fsp3) is 0.471. The number of aromatic nitrogens is 2. The van der Waals surface area contributed by atoms with E-state index in [0.29, 0.717) is 0 Å². The molecule has 112 valence electrons. The van der Waals surface area contributed by atoms with Crippen LogP contribution in [-0.2, 0) is 5.41 Å². The van der Waals surface area contributed by atoms with Crippen molar-refractivity contribution >= 4 is 0 Å². The van der Waals surface area contributed by atoms with Gasteiger partial charge < -0.3 is 14.6 Å². The zero-order chi connectivity index (χ0) is 14.9. The second-order valence-corrected chi connectivity index (χ2v) is 6.12. The number of rotatable bonds is 4. The van der Waals surface area contributed by atoms with Crippen molar-refractivity contribution in [2.45, 2.75) is 31.7 Å². The summed E-state index contributed by atoms with van der Waals surface area (Å²) in [7, 11) is 1.69. The zero-order valence-corrected chi connectivity index (χ0v) is 13.0. The Morgan fingerprint density at radius 1 is 1.33 bits per heavy atom. The highest BCUT2D eigenvalue weighted by Gasteiger charge is 2.34. The lowest BCUT2D eigenvalue weighted by Crippen LogP contribution is -2.29. The molecule has 0 radical (unpaired) electrons. The van der Waals surface area contributed by atoms with Crippen molar-refractivity contribution in [3.8, 4) is 5.75 Å². The fourth-order valence-electron chi connectivity index (χ4n) is 3.16. The van der Waals surface area contributed by atoms with Crippen LogP contribution in [0, 0.1) is 0 Å². The van der Waals surface area contributed by atoms with E-state index in [9.17, 15) is 0 Å². The Kier molecular flexibility index (Phi) is 3.72. The van der Waals surface area contributed by atoms with Crippen molar-refractivity contribution in [3.05, 3.63) is 48.0 Å². The Hall–Kier alpha value is -1.81. The minimum atomic E-state index is 0.178. The normalized spacial score (nSPS) is 23.2. The second-order valence-electron chi connectivity index (χ2n) is 6.12. The lowest BCUT2D eigenvalue weighted by atomic mass is 9.86. The van der Waals surface area contributed by atoms with Crippen molar-refractivity contribution in [1.29, 1.82) is 0 Å². The smallest absolute Gasteiger partial charge is 0.118 e. The number of benzene rings is 1. The van der Waals surface area contributed by atoms with E-state index in [4.69, 9.17) is 4.74 Å². The Morgan fingerprint density at radius 2 is 2.10 bits per heavy atom. The average Bonchev–Trinajstić information content (AvgIpc) is 3.16. The van der Waals surface area contributed by atoms with Crippen molar-refractivity contribution in [1.82, 2.24) is 14.9 Å². The molecule has 2 heterocycles. The molecule has 1 aliphatic rings. The molecule has 1 aromatic carbocycles. The second kappa shape index (κ2) is 5.53. The number of hydrogen-bond acceptors (Lipinski definition) is 3. The number of nitrogens with zero attached hydrogens (tertiary/aromatic N) is 2. The van der Waals surface area contributed by atoms with Gasteiger partial charge in [0.05, 0.1) is 19.5 Å². The van der Waals surface area contributed by atoms with Crippen molar-refractivity contribution in [3.63, 3.8) is 0 Å². The van der Waals surface area contributed by atoms with Gasteiger partial charge in [-0.25, -0.2) is 4.98 Å². The van der Waals surface area contributed by atoms with E-state index in [0.717, 1.165) is 25.3 Å². The Labute approximate surface area is 126 Å². The van der Waals surface area contributed by atoms with E-state index >= 15 is 0 Å². The molecule has 1 N–H and O–H groups in total. The van der Waals surface area contributed by atoms with Gasteiger partial charge in [-0.1, -0.05) is 19.1 Å². The van der Waals surface area contributed by atoms with Crippen LogP contribution in [-0.4, -0.2) is 29.8 Å². The summed E-state index contributed by atoms with van der Waals surface area (Å²) < 4.78 is 7.53. The van der Waals surface area contributed by atoms with Gasteiger partial charge in [-0.2, -0.15) is 0 Å². The van der Waals surface area contributed by atoms with Gasteiger partial charge in [0.15, 0.2) is 0 Å². The summed E-state index contributed by atoms with van der Waals surface area (Å²) in [4.78, 5) is 4.40. The number of methoxy groups -OCH3 is 1. The van der Waals surface area contributed by atoms with Crippen LogP contribution in [0.15, 0.2) is 36.8 Å². The van der Waals surface area contributed by atoms with E-state index in [2.05, 4.69) is 40.8 Å². The third kappa shape index (κ3) is 2.56. The maximum atomic E-state index is 5.23. The summed E-state index contributed by atoms with van der Waals surface area (Å²) >= 11 is 0. The lowest BCUT2D eigenvalue weighted by molar-refractivity contribution is 0.414. The molecule has 4 nitrogen and oxygen atoms in total. The van der Waals surface area contributed by atoms with Crippen LogP contribution in [0.4, 0.5) is 0 Å². The summed E-state index contributed by atoms with van der Waals surface area (Å²) in [5.74, 6) is 0.892. The molecule has 3 rings (SSSR count). The molecule has 21 heavy (non-hydrogen) atoms. The highest BCUT2D eigenvalue weighted by atomic mass is 16.5. The molecule has 0 aliphatic carbocycles.